The Morgan fingerprint density at radius 3 is 2.80 bits per heavy atom. The molecule has 1 unspecified atom stereocenters. The molecule has 2 atom stereocenters. The molecule has 13 heteroatoms. The molecule has 45 heavy (non-hydrogen) atoms. The number of ether oxygens (including phenoxy) is 1. The van der Waals surface area contributed by atoms with Crippen LogP contribution in [0.4, 0.5) is 5.69 Å². The third-order valence-electron chi connectivity index (χ3n) is 8.13. The fourth-order valence-corrected chi connectivity index (χ4v) is 6.04. The average Bonchev–Trinajstić information content (AvgIpc) is 3.70. The molecule has 0 aliphatic carbocycles. The van der Waals surface area contributed by atoms with Crippen molar-refractivity contribution in [1.29, 1.82) is 0 Å². The van der Waals surface area contributed by atoms with Crippen LogP contribution in [0.5, 0.6) is 0 Å². The summed E-state index contributed by atoms with van der Waals surface area (Å²) in [5.41, 5.74) is 4.93. The van der Waals surface area contributed by atoms with E-state index >= 15 is 0 Å². The maximum absolute atomic E-state index is 13.8. The van der Waals surface area contributed by atoms with Crippen LogP contribution in [0.15, 0.2) is 61.2 Å². The molecule has 4 aromatic rings. The molecule has 12 nitrogen and oxygen atoms in total. The van der Waals surface area contributed by atoms with Gasteiger partial charge in [-0.2, -0.15) is 5.10 Å². The number of nitrogens with one attached hydrogen (secondary N) is 1. The minimum atomic E-state index is -0.423. The van der Waals surface area contributed by atoms with Crippen molar-refractivity contribution in [2.75, 3.05) is 18.5 Å². The summed E-state index contributed by atoms with van der Waals surface area (Å²) >= 11 is 6.37. The molecule has 1 N–H and O–H groups in total. The monoisotopic (exact) mass is 628 g/mol. The van der Waals surface area contributed by atoms with Crippen LogP contribution in [0, 0.1) is 5.92 Å². The van der Waals surface area contributed by atoms with Gasteiger partial charge in [-0.25, -0.2) is 4.68 Å². The number of halogens is 1. The van der Waals surface area contributed by atoms with Gasteiger partial charge in [-0.05, 0) is 62.1 Å². The molecule has 0 saturated carbocycles. The summed E-state index contributed by atoms with van der Waals surface area (Å²) in [7, 11) is 0. The molecule has 232 valence electrons. The number of benzene rings is 1. The number of nitrogens with zero attached hydrogens (tertiary/aromatic N) is 7. The van der Waals surface area contributed by atoms with E-state index in [9.17, 15) is 14.4 Å². The first-order chi connectivity index (χ1) is 21.8. The number of hydrogen-bond acceptors (Lipinski definition) is 8. The number of esters is 1. The van der Waals surface area contributed by atoms with Crippen molar-refractivity contribution in [2.45, 2.75) is 52.1 Å². The summed E-state index contributed by atoms with van der Waals surface area (Å²) in [6.07, 6.45) is 10.9. The Kier molecular flexibility index (Phi) is 8.74. The van der Waals surface area contributed by atoms with Crippen LogP contribution in [0.1, 0.15) is 56.8 Å². The number of pyridine rings is 1. The summed E-state index contributed by atoms with van der Waals surface area (Å²) < 4.78 is 8.21. The van der Waals surface area contributed by atoms with E-state index in [0.717, 1.165) is 22.5 Å². The van der Waals surface area contributed by atoms with E-state index < -0.39 is 5.97 Å². The number of carbonyl (C=O) groups excluding carboxylic acids is 3. The van der Waals surface area contributed by atoms with Crippen LogP contribution in [-0.4, -0.2) is 65.6 Å². The van der Waals surface area contributed by atoms with Gasteiger partial charge in [-0.3, -0.25) is 24.0 Å². The topological polar surface area (TPSA) is 137 Å². The Morgan fingerprint density at radius 2 is 2.02 bits per heavy atom. The highest BCUT2D eigenvalue weighted by Crippen LogP contribution is 2.37. The van der Waals surface area contributed by atoms with Crippen molar-refractivity contribution >= 4 is 40.6 Å². The second kappa shape index (κ2) is 13.0. The van der Waals surface area contributed by atoms with Crippen LogP contribution in [0.3, 0.4) is 0 Å². The quantitative estimate of drug-likeness (QED) is 0.299. The zero-order chi connectivity index (χ0) is 31.5. The summed E-state index contributed by atoms with van der Waals surface area (Å²) in [5, 5.41) is 16.2. The molecule has 2 bridgehead atoms. The van der Waals surface area contributed by atoms with E-state index in [2.05, 4.69) is 20.7 Å². The number of rotatable bonds is 6. The Balaban J connectivity index is 1.34. The molecule has 2 amide bonds. The standard InChI is InChI=1S/C32H33ClN8O4/c1-3-45-30(43)19-39-18-26-31(37-39)22-9-11-34-25(15-22)28(6-4-5-20(2)32(44)36-26)40-13-10-21(16-29(40)42)24-17-23(33)7-8-27(24)41-14-12-35-38-41/h7-9,11-12,14-18,20,28H,3-6,10,13,19H2,1-2H3,(H,36,44)/t20-,28?/m1/s1. The minimum absolute atomic E-state index is 0.0883. The highest BCUT2D eigenvalue weighted by atomic mass is 35.5. The van der Waals surface area contributed by atoms with Gasteiger partial charge in [0.2, 0.25) is 11.8 Å². The SMILES string of the molecule is CCOC(=O)Cn1cc2c(n1)-c1ccnc(c1)C(N1CCC(c3cc(Cl)ccc3-n3ccnn3)=CC1=O)CCC[C@@H](C)C(=O)N2. The molecule has 2 aliphatic rings. The third kappa shape index (κ3) is 6.51. The van der Waals surface area contributed by atoms with E-state index in [1.54, 1.807) is 48.5 Å². The molecule has 0 fully saturated rings. The smallest absolute Gasteiger partial charge is 0.327 e. The third-order valence-corrected chi connectivity index (χ3v) is 8.36. The Bertz CT molecular complexity index is 1770. The molecule has 2 aliphatic heterocycles. The number of anilines is 1. The van der Waals surface area contributed by atoms with Gasteiger partial charge in [0.25, 0.3) is 0 Å². The molecular weight excluding hydrogens is 596 g/mol. The van der Waals surface area contributed by atoms with Crippen molar-refractivity contribution < 1.29 is 19.1 Å². The first kappa shape index (κ1) is 30.2. The van der Waals surface area contributed by atoms with Crippen molar-refractivity contribution in [3.63, 3.8) is 0 Å². The lowest BCUT2D eigenvalue weighted by molar-refractivity contribution is -0.144. The predicted octanol–water partition coefficient (Wildman–Crippen LogP) is 4.86. The first-order valence-electron chi connectivity index (χ1n) is 15.0. The van der Waals surface area contributed by atoms with Crippen LogP contribution in [-0.2, 0) is 25.7 Å². The lowest BCUT2D eigenvalue weighted by atomic mass is 9.93. The van der Waals surface area contributed by atoms with Gasteiger partial charge >= 0.3 is 5.97 Å². The van der Waals surface area contributed by atoms with Crippen molar-refractivity contribution in [3.8, 4) is 16.9 Å². The molecule has 0 saturated heterocycles. The maximum atomic E-state index is 13.8. The molecule has 3 aromatic heterocycles. The zero-order valence-electron chi connectivity index (χ0n) is 25.0. The highest BCUT2D eigenvalue weighted by molar-refractivity contribution is 6.30. The van der Waals surface area contributed by atoms with Gasteiger partial charge in [-0.1, -0.05) is 30.2 Å². The molecule has 0 radical (unpaired) electrons. The van der Waals surface area contributed by atoms with Crippen LogP contribution in [0.2, 0.25) is 5.02 Å². The molecule has 0 spiro atoms. The Morgan fingerprint density at radius 1 is 1.16 bits per heavy atom. The summed E-state index contributed by atoms with van der Waals surface area (Å²) in [4.78, 5) is 45.7. The summed E-state index contributed by atoms with van der Waals surface area (Å²) in [5.74, 6) is -0.965. The average molecular weight is 629 g/mol. The van der Waals surface area contributed by atoms with Crippen molar-refractivity contribution in [3.05, 3.63) is 77.5 Å². The van der Waals surface area contributed by atoms with Gasteiger partial charge < -0.3 is 15.0 Å². The van der Waals surface area contributed by atoms with E-state index in [4.69, 9.17) is 21.3 Å². The van der Waals surface area contributed by atoms with Gasteiger partial charge in [0, 0.05) is 47.1 Å². The van der Waals surface area contributed by atoms with Crippen molar-refractivity contribution in [1.82, 2.24) is 34.7 Å². The van der Waals surface area contributed by atoms with E-state index in [-0.39, 0.29) is 36.9 Å². The normalized spacial score (nSPS) is 18.7. The lowest BCUT2D eigenvalue weighted by Crippen LogP contribution is -2.38. The fraction of sp³-hybridized carbons (Fsp3) is 0.344. The number of hydrogen-bond donors (Lipinski definition) is 1. The molecular formula is C32H33ClN8O4. The van der Waals surface area contributed by atoms with Gasteiger partial charge in [0.1, 0.15) is 12.2 Å². The molecule has 5 heterocycles. The first-order valence-corrected chi connectivity index (χ1v) is 15.4. The van der Waals surface area contributed by atoms with E-state index in [0.29, 0.717) is 54.2 Å². The van der Waals surface area contributed by atoms with Gasteiger partial charge in [0.15, 0.2) is 0 Å². The predicted molar refractivity (Wildman–Crippen MR) is 167 cm³/mol. The fourth-order valence-electron chi connectivity index (χ4n) is 5.87. The molecule has 1 aromatic carbocycles. The van der Waals surface area contributed by atoms with Crippen LogP contribution in [0.25, 0.3) is 22.5 Å². The second-order valence-electron chi connectivity index (χ2n) is 11.2. The number of carbonyl (C=O) groups is 3. The minimum Gasteiger partial charge on any atom is -0.465 e. The number of amides is 2. The maximum Gasteiger partial charge on any atom is 0.327 e. The van der Waals surface area contributed by atoms with E-state index in [1.165, 1.54) is 4.68 Å². The van der Waals surface area contributed by atoms with Crippen LogP contribution < -0.4 is 5.32 Å². The summed E-state index contributed by atoms with van der Waals surface area (Å²) in [6, 6.07) is 8.91. The lowest BCUT2D eigenvalue weighted by Gasteiger charge is -2.34. The Labute approximate surface area is 265 Å². The molecule has 6 rings (SSSR count). The van der Waals surface area contributed by atoms with Gasteiger partial charge in [-0.15, -0.1) is 5.10 Å². The Hall–Kier alpha value is -4.84. The largest absolute Gasteiger partial charge is 0.465 e. The highest BCUT2D eigenvalue weighted by Gasteiger charge is 2.31. The van der Waals surface area contributed by atoms with Crippen molar-refractivity contribution in [2.24, 2.45) is 5.92 Å². The second-order valence-corrected chi connectivity index (χ2v) is 11.6. The number of aromatic nitrogens is 6. The zero-order valence-corrected chi connectivity index (χ0v) is 25.8. The number of fused-ring (bicyclic) bond motifs is 4. The van der Waals surface area contributed by atoms with Crippen LogP contribution >= 0.6 is 11.6 Å². The van der Waals surface area contributed by atoms with Gasteiger partial charge in [0.05, 0.1) is 42.1 Å². The summed E-state index contributed by atoms with van der Waals surface area (Å²) in [6.45, 7) is 4.27. The van der Waals surface area contributed by atoms with E-state index in [1.807, 2.05) is 36.1 Å².